The van der Waals surface area contributed by atoms with Crippen LogP contribution < -0.4 is 10.6 Å². The summed E-state index contributed by atoms with van der Waals surface area (Å²) in [5.41, 5.74) is 0.00479. The summed E-state index contributed by atoms with van der Waals surface area (Å²) in [4.78, 5) is 11.4. The Balaban J connectivity index is 2.26. The fourth-order valence-corrected chi connectivity index (χ4v) is 1.66. The van der Waals surface area contributed by atoms with Crippen molar-refractivity contribution in [1.29, 1.82) is 0 Å². The number of hydrogen-bond acceptors (Lipinski definition) is 2. The lowest BCUT2D eigenvalue weighted by molar-refractivity contribution is -0.122. The van der Waals surface area contributed by atoms with Gasteiger partial charge in [-0.3, -0.25) is 4.79 Å². The Bertz CT molecular complexity index is 174. The Labute approximate surface area is 80.3 Å². The quantitative estimate of drug-likeness (QED) is 0.685. The molecule has 0 radical (unpaired) electrons. The van der Waals surface area contributed by atoms with Crippen LogP contribution in [0, 0.1) is 0 Å². The van der Waals surface area contributed by atoms with Gasteiger partial charge >= 0.3 is 0 Å². The Morgan fingerprint density at radius 1 is 1.62 bits per heavy atom. The lowest BCUT2D eigenvalue weighted by Crippen LogP contribution is -2.47. The minimum atomic E-state index is 0.00479. The maximum absolute atomic E-state index is 11.4. The summed E-state index contributed by atoms with van der Waals surface area (Å²) in [6.07, 6.45) is 3.80. The van der Waals surface area contributed by atoms with Crippen LogP contribution in [0.15, 0.2) is 0 Å². The van der Waals surface area contributed by atoms with Crippen LogP contribution in [-0.2, 0) is 4.79 Å². The van der Waals surface area contributed by atoms with Gasteiger partial charge in [-0.25, -0.2) is 0 Å². The van der Waals surface area contributed by atoms with Crippen LogP contribution in [0.2, 0.25) is 0 Å². The van der Waals surface area contributed by atoms with E-state index in [0.29, 0.717) is 6.42 Å². The number of carbonyl (C=O) groups excluding carboxylic acids is 1. The molecule has 0 saturated carbocycles. The van der Waals surface area contributed by atoms with Crippen LogP contribution in [0.1, 0.15) is 39.5 Å². The first-order valence-corrected chi connectivity index (χ1v) is 5.18. The molecule has 1 rings (SSSR count). The van der Waals surface area contributed by atoms with Crippen molar-refractivity contribution in [2.75, 3.05) is 13.1 Å². The second-order valence-corrected chi connectivity index (χ2v) is 4.14. The standard InChI is InChI=1S/C10H20N2O/c1-3-4-5-9(13)12-10(2)6-7-11-8-10/h11H,3-8H2,1-2H3,(H,12,13). The second-order valence-electron chi connectivity index (χ2n) is 4.14. The van der Waals surface area contributed by atoms with Crippen molar-refractivity contribution in [3.63, 3.8) is 0 Å². The molecular formula is C10H20N2O. The lowest BCUT2D eigenvalue weighted by Gasteiger charge is -2.24. The molecule has 1 aliphatic heterocycles. The fraction of sp³-hybridized carbons (Fsp3) is 0.900. The third-order valence-corrected chi connectivity index (χ3v) is 2.57. The van der Waals surface area contributed by atoms with Gasteiger partial charge < -0.3 is 10.6 Å². The molecule has 2 N–H and O–H groups in total. The van der Waals surface area contributed by atoms with Gasteiger partial charge in [0, 0.05) is 13.0 Å². The van der Waals surface area contributed by atoms with Crippen molar-refractivity contribution in [1.82, 2.24) is 10.6 Å². The minimum Gasteiger partial charge on any atom is -0.350 e. The van der Waals surface area contributed by atoms with Gasteiger partial charge in [-0.05, 0) is 26.3 Å². The van der Waals surface area contributed by atoms with E-state index >= 15 is 0 Å². The van der Waals surface area contributed by atoms with Gasteiger partial charge in [0.05, 0.1) is 5.54 Å². The van der Waals surface area contributed by atoms with Crippen molar-refractivity contribution in [3.05, 3.63) is 0 Å². The Kier molecular flexibility index (Phi) is 3.72. The number of rotatable bonds is 4. The lowest BCUT2D eigenvalue weighted by atomic mass is 10.0. The first-order valence-electron chi connectivity index (χ1n) is 5.18. The van der Waals surface area contributed by atoms with Gasteiger partial charge in [0.25, 0.3) is 0 Å². The predicted octanol–water partition coefficient (Wildman–Crippen LogP) is 1.04. The van der Waals surface area contributed by atoms with Gasteiger partial charge in [-0.1, -0.05) is 13.3 Å². The highest BCUT2D eigenvalue weighted by Crippen LogP contribution is 2.13. The van der Waals surface area contributed by atoms with Crippen LogP contribution in [-0.4, -0.2) is 24.5 Å². The minimum absolute atomic E-state index is 0.00479. The highest BCUT2D eigenvalue weighted by molar-refractivity contribution is 5.76. The summed E-state index contributed by atoms with van der Waals surface area (Å²) in [7, 11) is 0. The largest absolute Gasteiger partial charge is 0.350 e. The van der Waals surface area contributed by atoms with Crippen molar-refractivity contribution in [2.45, 2.75) is 45.1 Å². The molecule has 0 aromatic carbocycles. The van der Waals surface area contributed by atoms with E-state index in [9.17, 15) is 4.79 Å². The van der Waals surface area contributed by atoms with Crippen molar-refractivity contribution >= 4 is 5.91 Å². The molecule has 76 valence electrons. The molecule has 0 aromatic heterocycles. The summed E-state index contributed by atoms with van der Waals surface area (Å²) < 4.78 is 0. The molecular weight excluding hydrogens is 164 g/mol. The number of hydrogen-bond donors (Lipinski definition) is 2. The molecule has 0 spiro atoms. The van der Waals surface area contributed by atoms with Crippen LogP contribution in [0.3, 0.4) is 0 Å². The van der Waals surface area contributed by atoms with Crippen LogP contribution in [0.5, 0.6) is 0 Å². The molecule has 0 aliphatic carbocycles. The monoisotopic (exact) mass is 184 g/mol. The summed E-state index contributed by atoms with van der Waals surface area (Å²) in [6, 6.07) is 0. The first-order chi connectivity index (χ1) is 6.16. The van der Waals surface area contributed by atoms with E-state index in [1.54, 1.807) is 0 Å². The Morgan fingerprint density at radius 2 is 2.38 bits per heavy atom. The third kappa shape index (κ3) is 3.35. The summed E-state index contributed by atoms with van der Waals surface area (Å²) in [5, 5.41) is 6.35. The molecule has 1 atom stereocenters. The highest BCUT2D eigenvalue weighted by atomic mass is 16.1. The number of nitrogens with one attached hydrogen (secondary N) is 2. The normalized spacial score (nSPS) is 27.5. The smallest absolute Gasteiger partial charge is 0.220 e. The summed E-state index contributed by atoms with van der Waals surface area (Å²) in [5.74, 6) is 0.202. The maximum atomic E-state index is 11.4. The van der Waals surface area contributed by atoms with E-state index in [1.807, 2.05) is 0 Å². The van der Waals surface area contributed by atoms with Gasteiger partial charge in [0.2, 0.25) is 5.91 Å². The van der Waals surface area contributed by atoms with E-state index in [0.717, 1.165) is 32.4 Å². The van der Waals surface area contributed by atoms with E-state index in [2.05, 4.69) is 24.5 Å². The number of amides is 1. The fourth-order valence-electron chi connectivity index (χ4n) is 1.66. The van der Waals surface area contributed by atoms with Crippen LogP contribution in [0.25, 0.3) is 0 Å². The van der Waals surface area contributed by atoms with Crippen LogP contribution >= 0.6 is 0 Å². The molecule has 3 heteroatoms. The van der Waals surface area contributed by atoms with Gasteiger partial charge in [-0.2, -0.15) is 0 Å². The summed E-state index contributed by atoms with van der Waals surface area (Å²) >= 11 is 0. The van der Waals surface area contributed by atoms with E-state index in [4.69, 9.17) is 0 Å². The molecule has 1 saturated heterocycles. The van der Waals surface area contributed by atoms with Crippen molar-refractivity contribution in [3.8, 4) is 0 Å². The predicted molar refractivity (Wildman–Crippen MR) is 53.6 cm³/mol. The van der Waals surface area contributed by atoms with Crippen molar-refractivity contribution in [2.24, 2.45) is 0 Å². The molecule has 1 unspecified atom stereocenters. The Morgan fingerprint density at radius 3 is 2.92 bits per heavy atom. The molecule has 0 bridgehead atoms. The molecule has 1 aliphatic rings. The highest BCUT2D eigenvalue weighted by Gasteiger charge is 2.29. The average molecular weight is 184 g/mol. The second kappa shape index (κ2) is 4.61. The molecule has 13 heavy (non-hydrogen) atoms. The van der Waals surface area contributed by atoms with Crippen molar-refractivity contribution < 1.29 is 4.79 Å². The number of carbonyl (C=O) groups is 1. The first kappa shape index (κ1) is 10.5. The van der Waals surface area contributed by atoms with Gasteiger partial charge in [-0.15, -0.1) is 0 Å². The molecule has 3 nitrogen and oxygen atoms in total. The number of unbranched alkanes of at least 4 members (excludes halogenated alkanes) is 1. The SMILES string of the molecule is CCCCC(=O)NC1(C)CCNC1. The van der Waals surface area contributed by atoms with E-state index in [1.165, 1.54) is 0 Å². The topological polar surface area (TPSA) is 41.1 Å². The Hall–Kier alpha value is -0.570. The van der Waals surface area contributed by atoms with Gasteiger partial charge in [0.15, 0.2) is 0 Å². The average Bonchev–Trinajstić information content (AvgIpc) is 2.48. The molecule has 1 amide bonds. The molecule has 1 fully saturated rings. The zero-order valence-corrected chi connectivity index (χ0v) is 8.65. The van der Waals surface area contributed by atoms with Crippen LogP contribution in [0.4, 0.5) is 0 Å². The maximum Gasteiger partial charge on any atom is 0.220 e. The third-order valence-electron chi connectivity index (χ3n) is 2.57. The molecule has 1 heterocycles. The zero-order chi connectivity index (χ0) is 9.73. The van der Waals surface area contributed by atoms with E-state index in [-0.39, 0.29) is 11.4 Å². The summed E-state index contributed by atoms with van der Waals surface area (Å²) in [6.45, 7) is 6.14. The van der Waals surface area contributed by atoms with Gasteiger partial charge in [0.1, 0.15) is 0 Å². The molecule has 0 aromatic rings. The van der Waals surface area contributed by atoms with E-state index < -0.39 is 0 Å². The zero-order valence-electron chi connectivity index (χ0n) is 8.65.